The number of piperazine rings is 1. The van der Waals surface area contributed by atoms with E-state index in [1.807, 2.05) is 30.3 Å². The van der Waals surface area contributed by atoms with E-state index in [1.54, 1.807) is 24.3 Å². The molecular weight excluding hydrogens is 358 g/mol. The SMILES string of the molecule is O=C(NCCN1CCN(c2ccc([N+](=O)[O-])cc2)CC1)NCc1ccccc1. The van der Waals surface area contributed by atoms with Crippen molar-refractivity contribution >= 4 is 17.4 Å². The second-order valence-electron chi connectivity index (χ2n) is 6.70. The Bertz CT molecular complexity index is 774. The highest BCUT2D eigenvalue weighted by atomic mass is 16.6. The second kappa shape index (κ2) is 9.70. The molecule has 1 saturated heterocycles. The topological polar surface area (TPSA) is 90.8 Å². The Balaban J connectivity index is 1.33. The Hall–Kier alpha value is -3.13. The van der Waals surface area contributed by atoms with E-state index in [0.29, 0.717) is 13.1 Å². The van der Waals surface area contributed by atoms with Crippen LogP contribution in [0.3, 0.4) is 0 Å². The lowest BCUT2D eigenvalue weighted by atomic mass is 10.2. The first-order valence-electron chi connectivity index (χ1n) is 9.39. The minimum absolute atomic E-state index is 0.110. The molecule has 8 heteroatoms. The summed E-state index contributed by atoms with van der Waals surface area (Å²) in [6.45, 7) is 5.41. The number of anilines is 1. The maximum Gasteiger partial charge on any atom is 0.315 e. The Labute approximate surface area is 164 Å². The van der Waals surface area contributed by atoms with Crippen LogP contribution in [0.4, 0.5) is 16.2 Å². The van der Waals surface area contributed by atoms with Crippen molar-refractivity contribution < 1.29 is 9.72 Å². The molecule has 0 aliphatic carbocycles. The third-order valence-electron chi connectivity index (χ3n) is 4.81. The number of nitrogens with zero attached hydrogens (tertiary/aromatic N) is 3. The lowest BCUT2D eigenvalue weighted by Gasteiger charge is -2.36. The quantitative estimate of drug-likeness (QED) is 0.565. The number of nitro groups is 1. The average Bonchev–Trinajstić information content (AvgIpc) is 2.73. The standard InChI is InChI=1S/C20H25N5O3/c26-20(22-16-17-4-2-1-3-5-17)21-10-11-23-12-14-24(15-13-23)18-6-8-19(9-7-18)25(27)28/h1-9H,10-16H2,(H2,21,22,26). The van der Waals surface area contributed by atoms with Crippen molar-refractivity contribution in [2.75, 3.05) is 44.2 Å². The molecule has 1 fully saturated rings. The summed E-state index contributed by atoms with van der Waals surface area (Å²) in [6.07, 6.45) is 0. The van der Waals surface area contributed by atoms with Crippen molar-refractivity contribution in [1.29, 1.82) is 0 Å². The van der Waals surface area contributed by atoms with E-state index in [0.717, 1.165) is 44.0 Å². The molecule has 0 spiro atoms. The predicted molar refractivity (Wildman–Crippen MR) is 108 cm³/mol. The van der Waals surface area contributed by atoms with Crippen molar-refractivity contribution in [3.8, 4) is 0 Å². The van der Waals surface area contributed by atoms with Crippen LogP contribution in [-0.4, -0.2) is 55.1 Å². The Morgan fingerprint density at radius 3 is 2.29 bits per heavy atom. The number of benzene rings is 2. The molecule has 0 aromatic heterocycles. The zero-order chi connectivity index (χ0) is 19.8. The van der Waals surface area contributed by atoms with E-state index >= 15 is 0 Å². The monoisotopic (exact) mass is 383 g/mol. The third kappa shape index (κ3) is 5.68. The van der Waals surface area contributed by atoms with Gasteiger partial charge >= 0.3 is 6.03 Å². The molecule has 2 amide bonds. The number of rotatable bonds is 7. The average molecular weight is 383 g/mol. The minimum atomic E-state index is -0.384. The van der Waals surface area contributed by atoms with Gasteiger partial charge in [0.2, 0.25) is 0 Å². The van der Waals surface area contributed by atoms with Crippen molar-refractivity contribution in [3.05, 3.63) is 70.3 Å². The lowest BCUT2D eigenvalue weighted by molar-refractivity contribution is -0.384. The summed E-state index contributed by atoms with van der Waals surface area (Å²) >= 11 is 0. The number of carbonyl (C=O) groups is 1. The van der Waals surface area contributed by atoms with E-state index in [4.69, 9.17) is 0 Å². The highest BCUT2D eigenvalue weighted by Crippen LogP contribution is 2.20. The molecule has 1 heterocycles. The number of nitrogens with one attached hydrogen (secondary N) is 2. The smallest absolute Gasteiger partial charge is 0.315 e. The first-order chi connectivity index (χ1) is 13.6. The van der Waals surface area contributed by atoms with E-state index in [2.05, 4.69) is 20.4 Å². The van der Waals surface area contributed by atoms with Crippen molar-refractivity contribution in [3.63, 3.8) is 0 Å². The highest BCUT2D eigenvalue weighted by molar-refractivity contribution is 5.73. The number of hydrogen-bond acceptors (Lipinski definition) is 5. The van der Waals surface area contributed by atoms with E-state index in [1.165, 1.54) is 0 Å². The largest absolute Gasteiger partial charge is 0.369 e. The van der Waals surface area contributed by atoms with Crippen molar-refractivity contribution in [2.24, 2.45) is 0 Å². The van der Waals surface area contributed by atoms with Gasteiger partial charge in [0.1, 0.15) is 0 Å². The van der Waals surface area contributed by atoms with Crippen LogP contribution in [0.1, 0.15) is 5.56 Å². The van der Waals surface area contributed by atoms with Gasteiger partial charge in [0, 0.05) is 63.6 Å². The van der Waals surface area contributed by atoms with Gasteiger partial charge in [-0.05, 0) is 17.7 Å². The fourth-order valence-electron chi connectivity index (χ4n) is 3.18. The number of nitro benzene ring substituents is 1. The van der Waals surface area contributed by atoms with Gasteiger partial charge in [-0.25, -0.2) is 4.79 Å². The molecule has 8 nitrogen and oxygen atoms in total. The van der Waals surface area contributed by atoms with Crippen LogP contribution >= 0.6 is 0 Å². The summed E-state index contributed by atoms with van der Waals surface area (Å²) in [6, 6.07) is 16.3. The van der Waals surface area contributed by atoms with Crippen LogP contribution in [0.25, 0.3) is 0 Å². The van der Waals surface area contributed by atoms with Gasteiger partial charge in [0.05, 0.1) is 4.92 Å². The summed E-state index contributed by atoms with van der Waals surface area (Å²) < 4.78 is 0. The third-order valence-corrected chi connectivity index (χ3v) is 4.81. The molecule has 1 aliphatic rings. The molecule has 2 N–H and O–H groups in total. The maximum atomic E-state index is 11.9. The van der Waals surface area contributed by atoms with Gasteiger partial charge in [-0.1, -0.05) is 30.3 Å². The first-order valence-corrected chi connectivity index (χ1v) is 9.39. The van der Waals surface area contributed by atoms with Crippen LogP contribution in [0.15, 0.2) is 54.6 Å². The van der Waals surface area contributed by atoms with E-state index in [-0.39, 0.29) is 16.6 Å². The van der Waals surface area contributed by atoms with Gasteiger partial charge in [-0.3, -0.25) is 15.0 Å². The normalized spacial score (nSPS) is 14.5. The molecule has 0 bridgehead atoms. The molecule has 0 unspecified atom stereocenters. The molecule has 0 radical (unpaired) electrons. The number of non-ortho nitro benzene ring substituents is 1. The van der Waals surface area contributed by atoms with E-state index in [9.17, 15) is 14.9 Å². The molecule has 2 aromatic rings. The summed E-state index contributed by atoms with van der Waals surface area (Å²) in [7, 11) is 0. The van der Waals surface area contributed by atoms with Gasteiger partial charge in [-0.15, -0.1) is 0 Å². The lowest BCUT2D eigenvalue weighted by Crippen LogP contribution is -2.49. The number of urea groups is 1. The molecule has 0 saturated carbocycles. The van der Waals surface area contributed by atoms with Crippen LogP contribution in [-0.2, 0) is 6.54 Å². The van der Waals surface area contributed by atoms with E-state index < -0.39 is 0 Å². The van der Waals surface area contributed by atoms with Gasteiger partial charge in [0.25, 0.3) is 5.69 Å². The summed E-state index contributed by atoms with van der Waals surface area (Å²) in [4.78, 5) is 26.8. The Kier molecular flexibility index (Phi) is 6.80. The Morgan fingerprint density at radius 2 is 1.64 bits per heavy atom. The predicted octanol–water partition coefficient (Wildman–Crippen LogP) is 2.22. The van der Waals surface area contributed by atoms with Gasteiger partial charge in [-0.2, -0.15) is 0 Å². The molecule has 3 rings (SSSR count). The minimum Gasteiger partial charge on any atom is -0.369 e. The summed E-state index contributed by atoms with van der Waals surface area (Å²) in [5, 5.41) is 16.5. The maximum absolute atomic E-state index is 11.9. The fraction of sp³-hybridized carbons (Fsp3) is 0.350. The molecular formula is C20H25N5O3. The number of carbonyl (C=O) groups excluding carboxylic acids is 1. The number of amides is 2. The Morgan fingerprint density at radius 1 is 0.964 bits per heavy atom. The van der Waals surface area contributed by atoms with Crippen molar-refractivity contribution in [1.82, 2.24) is 15.5 Å². The zero-order valence-corrected chi connectivity index (χ0v) is 15.7. The van der Waals surface area contributed by atoms with Gasteiger partial charge in [0.15, 0.2) is 0 Å². The summed E-state index contributed by atoms with van der Waals surface area (Å²) in [5.74, 6) is 0. The number of hydrogen-bond donors (Lipinski definition) is 2. The molecule has 2 aromatic carbocycles. The zero-order valence-electron chi connectivity index (χ0n) is 15.7. The van der Waals surface area contributed by atoms with Crippen LogP contribution < -0.4 is 15.5 Å². The van der Waals surface area contributed by atoms with Crippen molar-refractivity contribution in [2.45, 2.75) is 6.54 Å². The second-order valence-corrected chi connectivity index (χ2v) is 6.70. The highest BCUT2D eigenvalue weighted by Gasteiger charge is 2.17. The fourth-order valence-corrected chi connectivity index (χ4v) is 3.18. The van der Waals surface area contributed by atoms with Crippen LogP contribution in [0, 0.1) is 10.1 Å². The molecule has 148 valence electrons. The van der Waals surface area contributed by atoms with Gasteiger partial charge < -0.3 is 15.5 Å². The van der Waals surface area contributed by atoms with Crippen LogP contribution in [0.2, 0.25) is 0 Å². The van der Waals surface area contributed by atoms with Crippen LogP contribution in [0.5, 0.6) is 0 Å². The first kappa shape index (κ1) is 19.6. The molecule has 1 aliphatic heterocycles. The molecule has 0 atom stereocenters. The molecule has 28 heavy (non-hydrogen) atoms. The summed E-state index contributed by atoms with van der Waals surface area (Å²) in [5.41, 5.74) is 2.18.